The van der Waals surface area contributed by atoms with Crippen LogP contribution in [0.2, 0.25) is 0 Å². The van der Waals surface area contributed by atoms with Gasteiger partial charge in [0.1, 0.15) is 0 Å². The summed E-state index contributed by atoms with van der Waals surface area (Å²) in [5.74, 6) is 0.120. The quantitative estimate of drug-likeness (QED) is 0.678. The molecule has 158 valence electrons. The highest BCUT2D eigenvalue weighted by Gasteiger charge is 2.36. The Balaban J connectivity index is 0.00000196. The van der Waals surface area contributed by atoms with Gasteiger partial charge in [0.05, 0.1) is 5.54 Å². The molecular weight excluding hydrogens is 399 g/mol. The van der Waals surface area contributed by atoms with Crippen LogP contribution in [0.15, 0.2) is 30.3 Å². The maximum Gasteiger partial charge on any atom is 0.240 e. The summed E-state index contributed by atoms with van der Waals surface area (Å²) in [6.07, 6.45) is 4.73. The molecule has 0 spiro atoms. The average Bonchev–Trinajstić information content (AvgIpc) is 3.13. The second kappa shape index (κ2) is 11.5. The maximum atomic E-state index is 12.4. The predicted molar refractivity (Wildman–Crippen MR) is 117 cm³/mol. The molecule has 0 aromatic heterocycles. The number of carbonyl (C=O) groups excluding carboxylic acids is 2. The van der Waals surface area contributed by atoms with E-state index in [0.717, 1.165) is 51.9 Å². The molecule has 1 heterocycles. The normalized spacial score (nSPS) is 18.0. The first-order chi connectivity index (χ1) is 12.6. The second-order valence-electron chi connectivity index (χ2n) is 7.43. The number of piperazine rings is 1. The van der Waals surface area contributed by atoms with Crippen LogP contribution < -0.4 is 16.0 Å². The van der Waals surface area contributed by atoms with Crippen molar-refractivity contribution >= 4 is 42.3 Å². The van der Waals surface area contributed by atoms with Gasteiger partial charge in [-0.2, -0.15) is 0 Å². The van der Waals surface area contributed by atoms with Gasteiger partial charge in [0, 0.05) is 44.8 Å². The number of halogens is 2. The molecule has 2 aliphatic rings. The summed E-state index contributed by atoms with van der Waals surface area (Å²) in [4.78, 5) is 28.8. The predicted octanol–water partition coefficient (Wildman–Crippen LogP) is 2.35. The lowest BCUT2D eigenvalue weighted by atomic mass is 9.98. The fourth-order valence-electron chi connectivity index (χ4n) is 3.86. The van der Waals surface area contributed by atoms with Gasteiger partial charge in [-0.25, -0.2) is 0 Å². The second-order valence-corrected chi connectivity index (χ2v) is 7.43. The molecule has 0 unspecified atom stereocenters. The van der Waals surface area contributed by atoms with E-state index >= 15 is 0 Å². The number of hydrogen-bond donors (Lipinski definition) is 2. The maximum absolute atomic E-state index is 12.4. The zero-order valence-corrected chi connectivity index (χ0v) is 17.9. The van der Waals surface area contributed by atoms with E-state index in [9.17, 15) is 9.59 Å². The van der Waals surface area contributed by atoms with Crippen molar-refractivity contribution in [3.8, 4) is 0 Å². The highest BCUT2D eigenvalue weighted by molar-refractivity contribution is 5.86. The summed E-state index contributed by atoms with van der Waals surface area (Å²) in [7, 11) is 0. The van der Waals surface area contributed by atoms with Crippen molar-refractivity contribution in [3.05, 3.63) is 30.3 Å². The Labute approximate surface area is 180 Å². The molecule has 3 N–H and O–H groups in total. The molecule has 2 fully saturated rings. The number of nitrogens with one attached hydrogen (secondary N) is 1. The number of rotatable bonds is 6. The molecule has 0 bridgehead atoms. The van der Waals surface area contributed by atoms with Crippen molar-refractivity contribution in [2.75, 3.05) is 37.6 Å². The molecule has 2 amide bonds. The number of carbonyl (C=O) groups is 2. The van der Waals surface area contributed by atoms with Gasteiger partial charge >= 0.3 is 0 Å². The minimum Gasteiger partial charge on any atom is -0.368 e. The van der Waals surface area contributed by atoms with Gasteiger partial charge in [-0.05, 0) is 31.4 Å². The Hall–Kier alpha value is -1.50. The van der Waals surface area contributed by atoms with Crippen molar-refractivity contribution in [1.29, 1.82) is 0 Å². The average molecular weight is 431 g/mol. The lowest BCUT2D eigenvalue weighted by Crippen LogP contribution is -2.52. The molecule has 3 rings (SSSR count). The zero-order valence-electron chi connectivity index (χ0n) is 16.3. The molecule has 28 heavy (non-hydrogen) atoms. The van der Waals surface area contributed by atoms with E-state index in [1.54, 1.807) is 0 Å². The Morgan fingerprint density at radius 3 is 2.21 bits per heavy atom. The first-order valence-electron chi connectivity index (χ1n) is 9.73. The van der Waals surface area contributed by atoms with E-state index in [1.807, 2.05) is 23.1 Å². The Morgan fingerprint density at radius 2 is 1.61 bits per heavy atom. The van der Waals surface area contributed by atoms with Crippen LogP contribution in [0.1, 0.15) is 38.5 Å². The molecular formula is C20H32Cl2N4O2. The number of nitrogens with zero attached hydrogens (tertiary/aromatic N) is 2. The van der Waals surface area contributed by atoms with Crippen LogP contribution in [0.5, 0.6) is 0 Å². The number of hydrogen-bond acceptors (Lipinski definition) is 4. The van der Waals surface area contributed by atoms with Gasteiger partial charge in [-0.1, -0.05) is 31.0 Å². The lowest BCUT2D eigenvalue weighted by Gasteiger charge is -2.36. The fourth-order valence-corrected chi connectivity index (χ4v) is 3.86. The number of nitrogens with two attached hydrogens (primary N) is 1. The first-order valence-corrected chi connectivity index (χ1v) is 9.73. The number of benzene rings is 1. The molecule has 1 saturated heterocycles. The van der Waals surface area contributed by atoms with E-state index in [2.05, 4.69) is 22.3 Å². The van der Waals surface area contributed by atoms with Crippen molar-refractivity contribution in [1.82, 2.24) is 10.2 Å². The van der Waals surface area contributed by atoms with Gasteiger partial charge < -0.3 is 20.9 Å². The standard InChI is InChI=1S/C20H30N4O2.2ClH/c21-20(10-4-5-11-20)19(26)22-12-6-9-18(25)24-15-13-23(14-16-24)17-7-2-1-3-8-17;;/h1-3,7-8H,4-6,9-16,21H2,(H,22,26);2*1H. The lowest BCUT2D eigenvalue weighted by molar-refractivity contribution is -0.132. The topological polar surface area (TPSA) is 78.7 Å². The van der Waals surface area contributed by atoms with E-state index in [1.165, 1.54) is 5.69 Å². The summed E-state index contributed by atoms with van der Waals surface area (Å²) in [5.41, 5.74) is 6.66. The monoisotopic (exact) mass is 430 g/mol. The van der Waals surface area contributed by atoms with Gasteiger partial charge in [-0.3, -0.25) is 9.59 Å². The van der Waals surface area contributed by atoms with Crippen LogP contribution in [-0.2, 0) is 9.59 Å². The van der Waals surface area contributed by atoms with Crippen LogP contribution in [0.25, 0.3) is 0 Å². The van der Waals surface area contributed by atoms with Gasteiger partial charge in [0.2, 0.25) is 11.8 Å². The summed E-state index contributed by atoms with van der Waals surface area (Å²) < 4.78 is 0. The Morgan fingerprint density at radius 1 is 1.00 bits per heavy atom. The Bertz CT molecular complexity index is 616. The fraction of sp³-hybridized carbons (Fsp3) is 0.600. The molecule has 1 aliphatic heterocycles. The molecule has 1 aromatic carbocycles. The first kappa shape index (κ1) is 24.5. The van der Waals surface area contributed by atoms with Crippen LogP contribution in [0, 0.1) is 0 Å². The zero-order chi connectivity index (χ0) is 18.4. The number of para-hydroxylation sites is 1. The molecule has 8 heteroatoms. The van der Waals surface area contributed by atoms with Crippen LogP contribution in [-0.4, -0.2) is 55.0 Å². The summed E-state index contributed by atoms with van der Waals surface area (Å²) in [6, 6.07) is 10.3. The van der Waals surface area contributed by atoms with E-state index < -0.39 is 5.54 Å². The van der Waals surface area contributed by atoms with Crippen molar-refractivity contribution in [3.63, 3.8) is 0 Å². The van der Waals surface area contributed by atoms with Crippen molar-refractivity contribution in [2.45, 2.75) is 44.1 Å². The highest BCUT2D eigenvalue weighted by Crippen LogP contribution is 2.27. The van der Waals surface area contributed by atoms with E-state index in [0.29, 0.717) is 19.4 Å². The smallest absolute Gasteiger partial charge is 0.240 e. The minimum absolute atomic E-state index is 0. The van der Waals surface area contributed by atoms with Crippen LogP contribution >= 0.6 is 24.8 Å². The minimum atomic E-state index is -0.683. The van der Waals surface area contributed by atoms with E-state index in [-0.39, 0.29) is 36.6 Å². The molecule has 0 atom stereocenters. The third-order valence-electron chi connectivity index (χ3n) is 5.55. The summed E-state index contributed by atoms with van der Waals surface area (Å²) >= 11 is 0. The molecule has 0 radical (unpaired) electrons. The molecule has 1 aromatic rings. The van der Waals surface area contributed by atoms with Gasteiger partial charge in [-0.15, -0.1) is 24.8 Å². The SMILES string of the molecule is Cl.Cl.NC1(C(=O)NCCCC(=O)N2CCN(c3ccccc3)CC2)CCCC1. The van der Waals surface area contributed by atoms with Crippen LogP contribution in [0.4, 0.5) is 5.69 Å². The number of anilines is 1. The van der Waals surface area contributed by atoms with Crippen LogP contribution in [0.3, 0.4) is 0 Å². The van der Waals surface area contributed by atoms with Crippen molar-refractivity contribution in [2.24, 2.45) is 5.73 Å². The molecule has 1 saturated carbocycles. The largest absolute Gasteiger partial charge is 0.368 e. The number of amides is 2. The summed E-state index contributed by atoms with van der Waals surface area (Å²) in [5, 5.41) is 2.91. The third-order valence-corrected chi connectivity index (χ3v) is 5.55. The van der Waals surface area contributed by atoms with E-state index in [4.69, 9.17) is 5.73 Å². The Kier molecular flexibility index (Phi) is 10.1. The van der Waals surface area contributed by atoms with Crippen molar-refractivity contribution < 1.29 is 9.59 Å². The molecule has 6 nitrogen and oxygen atoms in total. The summed E-state index contributed by atoms with van der Waals surface area (Å²) in [6.45, 7) is 3.76. The highest BCUT2D eigenvalue weighted by atomic mass is 35.5. The van der Waals surface area contributed by atoms with Gasteiger partial charge in [0.15, 0.2) is 0 Å². The molecule has 1 aliphatic carbocycles. The van der Waals surface area contributed by atoms with Gasteiger partial charge in [0.25, 0.3) is 0 Å². The third kappa shape index (κ3) is 6.26.